The lowest BCUT2D eigenvalue weighted by atomic mass is 9.99. The molecule has 0 aliphatic carbocycles. The summed E-state index contributed by atoms with van der Waals surface area (Å²) in [4.78, 5) is 4.69. The lowest BCUT2D eigenvalue weighted by Gasteiger charge is -2.10. The molecule has 0 fully saturated rings. The van der Waals surface area contributed by atoms with Gasteiger partial charge in [0.25, 0.3) is 0 Å². The van der Waals surface area contributed by atoms with Crippen LogP contribution in [0.4, 0.5) is 5.82 Å². The first-order valence-electron chi connectivity index (χ1n) is 7.98. The van der Waals surface area contributed by atoms with E-state index in [0.29, 0.717) is 11.5 Å². The summed E-state index contributed by atoms with van der Waals surface area (Å²) in [6.07, 6.45) is 0. The van der Waals surface area contributed by atoms with E-state index in [9.17, 15) is 0 Å². The molecule has 5 aromatic rings. The van der Waals surface area contributed by atoms with Gasteiger partial charge in [-0.3, -0.25) is 5.10 Å². The maximum Gasteiger partial charge on any atom is 0.186 e. The number of hydrogen-bond donors (Lipinski definition) is 2. The van der Waals surface area contributed by atoms with Crippen LogP contribution in [0.1, 0.15) is 5.56 Å². The number of H-pyrrole nitrogens is 1. The molecular formula is C19H14N6. The average molecular weight is 326 g/mol. The van der Waals surface area contributed by atoms with Gasteiger partial charge in [0.05, 0.1) is 10.9 Å². The summed E-state index contributed by atoms with van der Waals surface area (Å²) in [5.74, 6) is 0.370. The molecule has 3 aromatic heterocycles. The number of fused-ring (bicyclic) bond motifs is 4. The summed E-state index contributed by atoms with van der Waals surface area (Å²) in [5, 5.41) is 17.6. The number of aromatic nitrogens is 5. The summed E-state index contributed by atoms with van der Waals surface area (Å²) in [6.45, 7) is 2.06. The highest BCUT2D eigenvalue weighted by molar-refractivity contribution is 6.15. The predicted molar refractivity (Wildman–Crippen MR) is 99.1 cm³/mol. The van der Waals surface area contributed by atoms with Gasteiger partial charge in [0, 0.05) is 10.9 Å². The van der Waals surface area contributed by atoms with Crippen molar-refractivity contribution < 1.29 is 0 Å². The minimum atomic E-state index is 0.370. The summed E-state index contributed by atoms with van der Waals surface area (Å²) in [7, 11) is 0. The lowest BCUT2D eigenvalue weighted by Crippen LogP contribution is -1.96. The Morgan fingerprint density at radius 2 is 1.72 bits per heavy atom. The quantitative estimate of drug-likeness (QED) is 0.459. The highest BCUT2D eigenvalue weighted by atomic mass is 15.2. The molecule has 0 spiro atoms. The number of para-hydroxylation sites is 1. The molecule has 0 amide bonds. The number of benzene rings is 2. The van der Waals surface area contributed by atoms with E-state index < -0.39 is 0 Å². The van der Waals surface area contributed by atoms with Crippen molar-refractivity contribution in [2.45, 2.75) is 6.92 Å². The van der Waals surface area contributed by atoms with Crippen molar-refractivity contribution in [3.63, 3.8) is 0 Å². The molecule has 2 aromatic carbocycles. The molecule has 0 aliphatic rings. The van der Waals surface area contributed by atoms with Gasteiger partial charge in [0.1, 0.15) is 11.0 Å². The molecule has 3 heterocycles. The van der Waals surface area contributed by atoms with Crippen LogP contribution in [-0.2, 0) is 0 Å². The van der Waals surface area contributed by atoms with Crippen LogP contribution in [0.3, 0.4) is 0 Å². The molecule has 3 N–H and O–H groups in total. The molecule has 0 atom stereocenters. The van der Waals surface area contributed by atoms with Crippen molar-refractivity contribution in [3.8, 4) is 11.1 Å². The topological polar surface area (TPSA) is 93.4 Å². The standard InChI is InChI=1S/C19H14N6/c1-10-6-8-11(9-7-10)14-15-18(20)24-25-19(15)21-16-12-4-2-3-5-13(12)22-23-17(14)16/h2-9,22H,1H3,(H2,20,24). The van der Waals surface area contributed by atoms with E-state index >= 15 is 0 Å². The van der Waals surface area contributed by atoms with E-state index in [2.05, 4.69) is 51.6 Å². The van der Waals surface area contributed by atoms with Crippen LogP contribution < -0.4 is 5.73 Å². The third-order valence-corrected chi connectivity index (χ3v) is 4.47. The van der Waals surface area contributed by atoms with Gasteiger partial charge in [0.15, 0.2) is 11.5 Å². The SMILES string of the molecule is Cc1ccc(-c2c3n[nH]c4ccccc4c3nc3nnc(N)c23)cc1. The molecule has 25 heavy (non-hydrogen) atoms. The number of aryl methyl sites for hydroxylation is 1. The molecule has 0 aliphatic heterocycles. The zero-order valence-corrected chi connectivity index (χ0v) is 13.5. The van der Waals surface area contributed by atoms with Crippen LogP contribution in [0, 0.1) is 6.92 Å². The highest BCUT2D eigenvalue weighted by Crippen LogP contribution is 2.37. The summed E-state index contributed by atoms with van der Waals surface area (Å²) in [5.41, 5.74) is 12.2. The second-order valence-electron chi connectivity index (χ2n) is 6.10. The Balaban J connectivity index is 2.02. The number of nitrogens with two attached hydrogens (primary N) is 1. The smallest absolute Gasteiger partial charge is 0.186 e. The molecule has 0 saturated heterocycles. The van der Waals surface area contributed by atoms with Crippen molar-refractivity contribution in [1.82, 2.24) is 25.4 Å². The van der Waals surface area contributed by atoms with Gasteiger partial charge in [-0.05, 0) is 18.6 Å². The van der Waals surface area contributed by atoms with E-state index in [1.165, 1.54) is 5.56 Å². The number of anilines is 1. The van der Waals surface area contributed by atoms with Crippen LogP contribution in [0.5, 0.6) is 0 Å². The molecule has 0 unspecified atom stereocenters. The van der Waals surface area contributed by atoms with Gasteiger partial charge in [-0.1, -0.05) is 48.0 Å². The second kappa shape index (κ2) is 4.98. The third kappa shape index (κ3) is 1.97. The van der Waals surface area contributed by atoms with Gasteiger partial charge in [0.2, 0.25) is 0 Å². The van der Waals surface area contributed by atoms with Crippen molar-refractivity contribution in [3.05, 3.63) is 54.1 Å². The Morgan fingerprint density at radius 1 is 0.920 bits per heavy atom. The summed E-state index contributed by atoms with van der Waals surface area (Å²) in [6, 6.07) is 16.2. The van der Waals surface area contributed by atoms with Gasteiger partial charge < -0.3 is 5.73 Å². The Bertz CT molecular complexity index is 1250. The van der Waals surface area contributed by atoms with Crippen LogP contribution in [0.15, 0.2) is 48.5 Å². The van der Waals surface area contributed by atoms with Gasteiger partial charge in [-0.15, -0.1) is 10.2 Å². The largest absolute Gasteiger partial charge is 0.382 e. The van der Waals surface area contributed by atoms with E-state index in [4.69, 9.17) is 10.7 Å². The van der Waals surface area contributed by atoms with Gasteiger partial charge in [-0.25, -0.2) is 4.98 Å². The molecule has 0 saturated carbocycles. The van der Waals surface area contributed by atoms with Crippen LogP contribution >= 0.6 is 0 Å². The number of hydrogen-bond acceptors (Lipinski definition) is 5. The van der Waals surface area contributed by atoms with Crippen molar-refractivity contribution in [1.29, 1.82) is 0 Å². The monoisotopic (exact) mass is 326 g/mol. The molecular weight excluding hydrogens is 312 g/mol. The molecule has 0 radical (unpaired) electrons. The van der Waals surface area contributed by atoms with Crippen LogP contribution in [0.25, 0.3) is 44.1 Å². The van der Waals surface area contributed by atoms with E-state index in [-0.39, 0.29) is 0 Å². The number of aromatic amines is 1. The normalized spacial score (nSPS) is 11.6. The lowest BCUT2D eigenvalue weighted by molar-refractivity contribution is 1.10. The van der Waals surface area contributed by atoms with Gasteiger partial charge >= 0.3 is 0 Å². The van der Waals surface area contributed by atoms with Crippen molar-refractivity contribution in [2.24, 2.45) is 0 Å². The fourth-order valence-electron chi connectivity index (χ4n) is 3.23. The van der Waals surface area contributed by atoms with Crippen LogP contribution in [0.2, 0.25) is 0 Å². The Morgan fingerprint density at radius 3 is 2.56 bits per heavy atom. The third-order valence-electron chi connectivity index (χ3n) is 4.47. The average Bonchev–Trinajstić information content (AvgIpc) is 3.01. The Labute approximate surface area is 142 Å². The van der Waals surface area contributed by atoms with E-state index in [0.717, 1.165) is 38.4 Å². The highest BCUT2D eigenvalue weighted by Gasteiger charge is 2.19. The number of rotatable bonds is 1. The molecule has 6 heteroatoms. The number of nitrogens with one attached hydrogen (secondary N) is 1. The summed E-state index contributed by atoms with van der Waals surface area (Å²) >= 11 is 0. The minimum absolute atomic E-state index is 0.370. The van der Waals surface area contributed by atoms with E-state index in [1.54, 1.807) is 0 Å². The predicted octanol–water partition coefficient (Wildman–Crippen LogP) is 3.61. The maximum atomic E-state index is 6.10. The Kier molecular flexibility index (Phi) is 2.76. The zero-order chi connectivity index (χ0) is 17.0. The first-order valence-corrected chi connectivity index (χ1v) is 7.98. The maximum absolute atomic E-state index is 6.10. The zero-order valence-electron chi connectivity index (χ0n) is 13.5. The Hall–Kier alpha value is -3.54. The number of nitrogen functional groups attached to an aromatic ring is 1. The van der Waals surface area contributed by atoms with Crippen molar-refractivity contribution in [2.75, 3.05) is 5.73 Å². The molecule has 120 valence electrons. The molecule has 5 rings (SSSR count). The second-order valence-corrected chi connectivity index (χ2v) is 6.10. The first-order chi connectivity index (χ1) is 12.2. The van der Waals surface area contributed by atoms with E-state index in [1.807, 2.05) is 24.3 Å². The molecule has 0 bridgehead atoms. The van der Waals surface area contributed by atoms with Crippen LogP contribution in [-0.4, -0.2) is 25.4 Å². The van der Waals surface area contributed by atoms with Gasteiger partial charge in [-0.2, -0.15) is 5.10 Å². The first kappa shape index (κ1) is 13.9. The summed E-state index contributed by atoms with van der Waals surface area (Å²) < 4.78 is 0. The number of nitrogens with zero attached hydrogens (tertiary/aromatic N) is 4. The number of pyridine rings is 1. The fraction of sp³-hybridized carbons (Fsp3) is 0.0526. The van der Waals surface area contributed by atoms with Crippen molar-refractivity contribution >= 4 is 38.8 Å². The fourth-order valence-corrected chi connectivity index (χ4v) is 3.23. The minimum Gasteiger partial charge on any atom is -0.382 e. The molecule has 6 nitrogen and oxygen atoms in total.